The molecule has 0 saturated heterocycles. The van der Waals surface area contributed by atoms with E-state index in [0.29, 0.717) is 0 Å². The molecule has 1 N–H and O–H groups in total. The Hall–Kier alpha value is -0.830. The summed E-state index contributed by atoms with van der Waals surface area (Å²) in [5, 5.41) is 0. The first-order chi connectivity index (χ1) is 4.43. The number of nitrogens with zero attached hydrogens (tertiary/aromatic N) is 1. The van der Waals surface area contributed by atoms with Crippen molar-refractivity contribution in [2.24, 2.45) is 0 Å². The molecule has 3 nitrogen and oxygen atoms in total. The van der Waals surface area contributed by atoms with E-state index in [0.717, 1.165) is 18.7 Å². The van der Waals surface area contributed by atoms with Crippen LogP contribution in [0.5, 0.6) is 0 Å². The summed E-state index contributed by atoms with van der Waals surface area (Å²) in [6, 6.07) is 0. The highest BCUT2D eigenvalue weighted by atomic mass is 16.5. The zero-order chi connectivity index (χ0) is 6.53. The molecule has 0 spiro atoms. The van der Waals surface area contributed by atoms with Crippen LogP contribution in [0, 0.1) is 0 Å². The number of hydrogen-bond donors (Lipinski definition) is 1. The van der Waals surface area contributed by atoms with Gasteiger partial charge in [-0.3, -0.25) is 0 Å². The zero-order valence-electron chi connectivity index (χ0n) is 5.42. The van der Waals surface area contributed by atoms with Gasteiger partial charge in [-0.15, -0.1) is 0 Å². The van der Waals surface area contributed by atoms with Crippen LogP contribution >= 0.6 is 0 Å². The minimum Gasteiger partial charge on any atom is -0.384 e. The van der Waals surface area contributed by atoms with Gasteiger partial charge in [-0.2, -0.15) is 0 Å². The molecule has 50 valence electrons. The maximum absolute atomic E-state index is 4.86. The number of H-pyrrole nitrogens is 1. The van der Waals surface area contributed by atoms with Crippen LogP contribution in [0.25, 0.3) is 0 Å². The molecule has 0 aliphatic carbocycles. The van der Waals surface area contributed by atoms with Crippen LogP contribution in [0.1, 0.15) is 5.69 Å². The summed E-state index contributed by atoms with van der Waals surface area (Å²) < 4.78 is 4.86. The molecule has 0 aliphatic heterocycles. The van der Waals surface area contributed by atoms with Crippen molar-refractivity contribution in [3.63, 3.8) is 0 Å². The molecule has 0 unspecified atom stereocenters. The third kappa shape index (κ3) is 1.85. The monoisotopic (exact) mass is 126 g/mol. The van der Waals surface area contributed by atoms with E-state index in [9.17, 15) is 0 Å². The van der Waals surface area contributed by atoms with E-state index in [-0.39, 0.29) is 0 Å². The fourth-order valence-corrected chi connectivity index (χ4v) is 0.634. The summed E-state index contributed by atoms with van der Waals surface area (Å²) in [6.45, 7) is 0.741. The molecule has 1 aromatic rings. The Morgan fingerprint density at radius 1 is 1.78 bits per heavy atom. The molecular formula is C6H10N2O. The standard InChI is InChI=1S/C6H10N2O/c1-9-3-2-6-4-7-5-8-6/h4-5H,2-3H2,1H3,(H,7,8). The predicted molar refractivity (Wildman–Crippen MR) is 34.2 cm³/mol. The molecule has 9 heavy (non-hydrogen) atoms. The lowest BCUT2D eigenvalue weighted by molar-refractivity contribution is 0.201. The predicted octanol–water partition coefficient (Wildman–Crippen LogP) is 0.599. The summed E-state index contributed by atoms with van der Waals surface area (Å²) in [4.78, 5) is 6.89. The van der Waals surface area contributed by atoms with Gasteiger partial charge < -0.3 is 9.72 Å². The van der Waals surface area contributed by atoms with Gasteiger partial charge in [-0.25, -0.2) is 4.98 Å². The lowest BCUT2D eigenvalue weighted by Crippen LogP contribution is -1.93. The minimum absolute atomic E-state index is 0.741. The summed E-state index contributed by atoms with van der Waals surface area (Å²) >= 11 is 0. The lowest BCUT2D eigenvalue weighted by atomic mass is 10.4. The second kappa shape index (κ2) is 3.25. The van der Waals surface area contributed by atoms with Crippen molar-refractivity contribution in [3.05, 3.63) is 18.2 Å². The normalized spacial score (nSPS) is 9.89. The number of ether oxygens (including phenoxy) is 1. The molecule has 1 heterocycles. The van der Waals surface area contributed by atoms with E-state index in [1.54, 1.807) is 13.4 Å². The third-order valence-electron chi connectivity index (χ3n) is 1.12. The van der Waals surface area contributed by atoms with E-state index in [4.69, 9.17) is 4.74 Å². The SMILES string of the molecule is COCCc1c[nH]cn1. The minimum atomic E-state index is 0.741. The maximum Gasteiger partial charge on any atom is 0.0923 e. The van der Waals surface area contributed by atoms with Gasteiger partial charge >= 0.3 is 0 Å². The first-order valence-corrected chi connectivity index (χ1v) is 2.90. The van der Waals surface area contributed by atoms with Gasteiger partial charge in [0.25, 0.3) is 0 Å². The zero-order valence-corrected chi connectivity index (χ0v) is 5.42. The van der Waals surface area contributed by atoms with Crippen molar-refractivity contribution < 1.29 is 4.74 Å². The van der Waals surface area contributed by atoms with Crippen molar-refractivity contribution in [1.29, 1.82) is 0 Å². The van der Waals surface area contributed by atoms with Gasteiger partial charge in [0.1, 0.15) is 0 Å². The summed E-state index contributed by atoms with van der Waals surface area (Å²) in [6.07, 6.45) is 4.43. The highest BCUT2D eigenvalue weighted by Gasteiger charge is 1.90. The van der Waals surface area contributed by atoms with E-state index in [1.165, 1.54) is 0 Å². The quantitative estimate of drug-likeness (QED) is 0.644. The van der Waals surface area contributed by atoms with Gasteiger partial charge in [-0.1, -0.05) is 0 Å². The Balaban J connectivity index is 2.30. The van der Waals surface area contributed by atoms with Crippen LogP contribution in [-0.2, 0) is 11.2 Å². The van der Waals surface area contributed by atoms with Gasteiger partial charge in [0, 0.05) is 19.7 Å². The number of aromatic nitrogens is 2. The molecule has 0 amide bonds. The molecule has 1 aromatic heterocycles. The number of rotatable bonds is 3. The fraction of sp³-hybridized carbons (Fsp3) is 0.500. The molecule has 0 aliphatic rings. The van der Waals surface area contributed by atoms with Crippen LogP contribution in [0.15, 0.2) is 12.5 Å². The molecule has 1 rings (SSSR count). The van der Waals surface area contributed by atoms with Crippen molar-refractivity contribution in [3.8, 4) is 0 Å². The lowest BCUT2D eigenvalue weighted by Gasteiger charge is -1.91. The maximum atomic E-state index is 4.86. The van der Waals surface area contributed by atoms with Crippen LogP contribution < -0.4 is 0 Å². The Labute approximate surface area is 54.1 Å². The van der Waals surface area contributed by atoms with Crippen LogP contribution in [0.2, 0.25) is 0 Å². The highest BCUT2D eigenvalue weighted by Crippen LogP contribution is 1.90. The van der Waals surface area contributed by atoms with Gasteiger partial charge in [-0.05, 0) is 0 Å². The highest BCUT2D eigenvalue weighted by molar-refractivity contribution is 4.93. The van der Waals surface area contributed by atoms with Crippen LogP contribution in [0.3, 0.4) is 0 Å². The van der Waals surface area contributed by atoms with E-state index < -0.39 is 0 Å². The third-order valence-corrected chi connectivity index (χ3v) is 1.12. The molecule has 0 radical (unpaired) electrons. The van der Waals surface area contributed by atoms with E-state index >= 15 is 0 Å². The van der Waals surface area contributed by atoms with Gasteiger partial charge in [0.2, 0.25) is 0 Å². The number of methoxy groups -OCH3 is 1. The van der Waals surface area contributed by atoms with E-state index in [2.05, 4.69) is 9.97 Å². The second-order valence-corrected chi connectivity index (χ2v) is 1.80. The second-order valence-electron chi connectivity index (χ2n) is 1.80. The van der Waals surface area contributed by atoms with Crippen LogP contribution in [-0.4, -0.2) is 23.7 Å². The van der Waals surface area contributed by atoms with Gasteiger partial charge in [0.05, 0.1) is 18.6 Å². The van der Waals surface area contributed by atoms with E-state index in [1.807, 2.05) is 6.20 Å². The Bertz CT molecular complexity index is 148. The number of imidazole rings is 1. The summed E-state index contributed by atoms with van der Waals surface area (Å²) in [5.41, 5.74) is 1.05. The van der Waals surface area contributed by atoms with Crippen LogP contribution in [0.4, 0.5) is 0 Å². The molecule has 0 aromatic carbocycles. The summed E-state index contributed by atoms with van der Waals surface area (Å²) in [7, 11) is 1.69. The average Bonchev–Trinajstić information content (AvgIpc) is 2.34. The molecule has 0 bridgehead atoms. The van der Waals surface area contributed by atoms with Crippen molar-refractivity contribution in [2.45, 2.75) is 6.42 Å². The van der Waals surface area contributed by atoms with Crippen molar-refractivity contribution >= 4 is 0 Å². The Kier molecular flexibility index (Phi) is 2.27. The summed E-state index contributed by atoms with van der Waals surface area (Å²) in [5.74, 6) is 0. The molecule has 0 atom stereocenters. The molecular weight excluding hydrogens is 116 g/mol. The van der Waals surface area contributed by atoms with Crippen molar-refractivity contribution in [1.82, 2.24) is 9.97 Å². The van der Waals surface area contributed by atoms with Crippen molar-refractivity contribution in [2.75, 3.05) is 13.7 Å². The van der Waals surface area contributed by atoms with Gasteiger partial charge in [0.15, 0.2) is 0 Å². The first kappa shape index (κ1) is 6.29. The fourth-order valence-electron chi connectivity index (χ4n) is 0.634. The average molecular weight is 126 g/mol. The number of hydrogen-bond acceptors (Lipinski definition) is 2. The first-order valence-electron chi connectivity index (χ1n) is 2.90. The molecule has 0 fully saturated rings. The molecule has 3 heteroatoms. The topological polar surface area (TPSA) is 37.9 Å². The number of nitrogens with one attached hydrogen (secondary N) is 1. The smallest absolute Gasteiger partial charge is 0.0923 e. The Morgan fingerprint density at radius 3 is 3.22 bits per heavy atom. The Morgan fingerprint density at radius 2 is 2.67 bits per heavy atom. The number of aromatic amines is 1. The molecule has 0 saturated carbocycles. The largest absolute Gasteiger partial charge is 0.384 e.